The number of hydrogen-bond donors (Lipinski definition) is 11. The minimum absolute atomic E-state index is 0.0178. The fraction of sp³-hybridized carbons (Fsp3) is 0.518. The first-order valence-corrected chi connectivity index (χ1v) is 33.5. The standard InChI is InChI=1S/C16H23N5O5S.C16H18N4O8S.C14H16N4O7S.C10H12N4O5S/c1-6(2)10(17)15(24)25-5-8-11(22)12(23)14(26-8)21-7(3)27-9-4-19-16(18)20-13(9)21;1-6(21)25-5-9-11(26-7(2)22)12(27-8(3)23)14(28-9)20-13-10(29-16(20)24)4-18-15(17)19-13;1-5(20)23-9-7(4-19)25-12(10(9)24-6(2)21)18-11-8(26-14(18)22)3-16-13(15)17-11;11-9-12-1-4-7(13-9)14(10(18)20-4)8-6(17)5(16)3(2-15)19-8/h4,6,8,10-12,14,22-23H,3,5,17H2,1-2H3,(H2,18,19,20);4,9,11-12,14H,5H2,1-3H3,(H2,17,18,19);3,7,9-10,12,19H,4H2,1-2H3,(H2,15,16,17);1,3,5-6,8,15-17H,2H2,(H2,11,12,13)/t8-,10+,11-,12-,14-;9-,11-,12-,14-;7-,9-,10-,12-;3-,5-,6-,8-/m1111/s1. The summed E-state index contributed by atoms with van der Waals surface area (Å²) in [5.74, 6) is -3.57. The number of carbonyl (C=O) groups excluding carboxylic acids is 6. The fourth-order valence-electron chi connectivity index (χ4n) is 10.7. The number of ether oxygens (including phenoxy) is 10. The van der Waals surface area contributed by atoms with Crippen molar-refractivity contribution < 1.29 is 107 Å². The number of thioether (sulfide) groups is 1. The van der Waals surface area contributed by atoms with E-state index in [0.717, 1.165) is 54.6 Å². The summed E-state index contributed by atoms with van der Waals surface area (Å²) >= 11 is 3.88. The lowest BCUT2D eigenvalue weighted by molar-refractivity contribution is -0.166. The Hall–Kier alpha value is -9.14. The van der Waals surface area contributed by atoms with Crippen LogP contribution in [0.4, 0.5) is 29.6 Å². The van der Waals surface area contributed by atoms with Crippen molar-refractivity contribution >= 4 is 142 Å². The second-order valence-corrected chi connectivity index (χ2v) is 26.9. The number of anilines is 5. The molecule has 46 heteroatoms. The van der Waals surface area contributed by atoms with Crippen molar-refractivity contribution in [1.29, 1.82) is 0 Å². The zero-order chi connectivity index (χ0) is 74.6. The van der Waals surface area contributed by atoms with Crippen molar-refractivity contribution in [2.45, 2.75) is 158 Å². The summed E-state index contributed by atoms with van der Waals surface area (Å²) in [6.07, 6.45) is -12.3. The van der Waals surface area contributed by atoms with E-state index in [4.69, 9.17) is 81.1 Å². The molecule has 0 aromatic carbocycles. The average molecular weight is 1510 g/mol. The zero-order valence-electron chi connectivity index (χ0n) is 54.6. The van der Waals surface area contributed by atoms with Crippen molar-refractivity contribution in [2.24, 2.45) is 11.7 Å². The van der Waals surface area contributed by atoms with Crippen molar-refractivity contribution in [2.75, 3.05) is 54.3 Å². The van der Waals surface area contributed by atoms with E-state index >= 15 is 0 Å². The Kier molecular flexibility index (Phi) is 24.5. The number of nitrogens with zero attached hydrogens (tertiary/aromatic N) is 12. The third-order valence-electron chi connectivity index (χ3n) is 15.3. The van der Waals surface area contributed by atoms with Gasteiger partial charge < -0.3 is 107 Å². The van der Waals surface area contributed by atoms with E-state index in [0.29, 0.717) is 29.8 Å². The molecule has 552 valence electrons. The van der Waals surface area contributed by atoms with Crippen LogP contribution in [-0.4, -0.2) is 232 Å². The predicted octanol–water partition coefficient (Wildman–Crippen LogP) is -3.59. The maximum Gasteiger partial charge on any atom is 0.323 e. The quantitative estimate of drug-likeness (QED) is 0.0329. The molecule has 16 N–H and O–H groups in total. The highest BCUT2D eigenvalue weighted by atomic mass is 32.2. The Labute approximate surface area is 588 Å². The monoisotopic (exact) mass is 1510 g/mol. The van der Waals surface area contributed by atoms with E-state index in [1.54, 1.807) is 24.9 Å². The molecule has 5 aliphatic heterocycles. The van der Waals surface area contributed by atoms with Crippen LogP contribution < -0.4 is 48.2 Å². The van der Waals surface area contributed by atoms with E-state index < -0.39 is 168 Å². The summed E-state index contributed by atoms with van der Waals surface area (Å²) in [5, 5.41) is 59.7. The predicted molar refractivity (Wildman–Crippen MR) is 353 cm³/mol. The summed E-state index contributed by atoms with van der Waals surface area (Å²) in [5.41, 5.74) is 28.7. The van der Waals surface area contributed by atoms with Gasteiger partial charge in [0.1, 0.15) is 68.1 Å². The summed E-state index contributed by atoms with van der Waals surface area (Å²) < 4.78 is 58.5. The molecule has 42 nitrogen and oxygen atoms in total. The number of hydrogen-bond acceptors (Lipinski definition) is 43. The lowest BCUT2D eigenvalue weighted by atomic mass is 10.1. The average Bonchev–Trinajstić information content (AvgIpc) is 1.63. The van der Waals surface area contributed by atoms with E-state index in [9.17, 15) is 68.7 Å². The lowest BCUT2D eigenvalue weighted by Crippen LogP contribution is -2.42. The molecular weight excluding hydrogens is 1440 g/mol. The number of nitrogen functional groups attached to an aromatic ring is 4. The van der Waals surface area contributed by atoms with Gasteiger partial charge >= 0.3 is 50.4 Å². The maximum absolute atomic E-state index is 12.6. The minimum atomic E-state index is -1.35. The van der Waals surface area contributed by atoms with E-state index in [2.05, 4.69) is 46.5 Å². The first-order chi connectivity index (χ1) is 48.2. The third-order valence-corrected chi connectivity index (χ3v) is 18.9. The molecule has 4 fully saturated rings. The number of esters is 6. The Bertz CT molecular complexity index is 4480. The van der Waals surface area contributed by atoms with Gasteiger partial charge in [-0.3, -0.25) is 61.8 Å². The Morgan fingerprint density at radius 1 is 0.510 bits per heavy atom. The van der Waals surface area contributed by atoms with Crippen LogP contribution in [0.2, 0.25) is 0 Å². The van der Waals surface area contributed by atoms with Gasteiger partial charge in [0.2, 0.25) is 23.8 Å². The SMILES string of the molecule is C=C1Sc2cnc(N)nc2N1[C@@H]1O[C@H](COC(=O)[C@@H](N)C(C)C)[C@@H](O)[C@H]1O.CC(=O)OC[C@H]1O[C@@H](n2c(=O)sc3cnc(N)nc32)[C@H](OC(C)=O)[C@@H]1OC(C)=O.CC(=O)O[C@@H]1[C@H](OC(C)=O)[C@@H](CO)O[C@H]1n1c(=O)sc2cnc(N)nc21.Nc1ncc2sc(=O)n([C@@H]3O[C@H](CO)[C@@H](O)[C@H]3O)c2n1. The van der Waals surface area contributed by atoms with Crippen LogP contribution in [0.5, 0.6) is 0 Å². The number of nitrogens with two attached hydrogens (primary N) is 5. The molecule has 0 saturated carbocycles. The van der Waals surface area contributed by atoms with Gasteiger partial charge in [-0.05, 0) is 5.92 Å². The Balaban J connectivity index is 0.000000159. The summed E-state index contributed by atoms with van der Waals surface area (Å²) in [6.45, 7) is 11.9. The Morgan fingerprint density at radius 3 is 1.31 bits per heavy atom. The molecule has 4 saturated heterocycles. The number of rotatable bonds is 16. The highest BCUT2D eigenvalue weighted by Gasteiger charge is 2.54. The van der Waals surface area contributed by atoms with Crippen molar-refractivity contribution in [1.82, 2.24) is 53.6 Å². The maximum atomic E-state index is 12.6. The molecule has 0 radical (unpaired) electrons. The van der Waals surface area contributed by atoms with Gasteiger partial charge in [0.25, 0.3) is 0 Å². The molecule has 0 unspecified atom stereocenters. The van der Waals surface area contributed by atoms with Crippen LogP contribution >= 0.6 is 45.8 Å². The summed E-state index contributed by atoms with van der Waals surface area (Å²) in [6, 6.07) is -0.773. The molecule has 102 heavy (non-hydrogen) atoms. The van der Waals surface area contributed by atoms with Crippen LogP contribution in [0, 0.1) is 5.92 Å². The fourth-order valence-corrected chi connectivity index (χ4v) is 14.1. The number of aliphatic hydroxyl groups excluding tert-OH is 6. The van der Waals surface area contributed by atoms with Gasteiger partial charge in [-0.15, -0.1) is 0 Å². The zero-order valence-corrected chi connectivity index (χ0v) is 57.8. The topological polar surface area (TPSA) is 619 Å². The first-order valence-electron chi connectivity index (χ1n) is 30.2. The van der Waals surface area contributed by atoms with Crippen molar-refractivity contribution in [3.63, 3.8) is 0 Å². The number of carbonyl (C=O) groups is 6. The van der Waals surface area contributed by atoms with Crippen LogP contribution in [0.25, 0.3) is 31.0 Å². The lowest BCUT2D eigenvalue weighted by Gasteiger charge is -2.27. The molecular formula is C56H69N17O25S4. The van der Waals surface area contributed by atoms with Gasteiger partial charge in [0, 0.05) is 40.8 Å². The summed E-state index contributed by atoms with van der Waals surface area (Å²) in [4.78, 5) is 139. The molecule has 17 atom stereocenters. The highest BCUT2D eigenvalue weighted by molar-refractivity contribution is 8.03. The Morgan fingerprint density at radius 2 is 0.882 bits per heavy atom. The van der Waals surface area contributed by atoms with Gasteiger partial charge in [-0.2, -0.15) is 19.9 Å². The normalized spacial score (nSPS) is 26.7. The highest BCUT2D eigenvalue weighted by Crippen LogP contribution is 2.47. The van der Waals surface area contributed by atoms with Crippen LogP contribution in [0.15, 0.2) is 55.7 Å². The number of thiazole rings is 3. The molecule has 0 spiro atoms. The van der Waals surface area contributed by atoms with E-state index in [1.807, 2.05) is 0 Å². The van der Waals surface area contributed by atoms with Gasteiger partial charge in [-0.25, -0.2) is 19.9 Å². The van der Waals surface area contributed by atoms with Gasteiger partial charge in [-0.1, -0.05) is 66.2 Å². The number of aromatic nitrogens is 11. The van der Waals surface area contributed by atoms with E-state index in [1.165, 1.54) is 58.0 Å². The molecule has 12 rings (SSSR count). The van der Waals surface area contributed by atoms with Crippen molar-refractivity contribution in [3.8, 4) is 0 Å². The second-order valence-electron chi connectivity index (χ2n) is 22.8. The van der Waals surface area contributed by atoms with Gasteiger partial charge in [0.15, 0.2) is 72.1 Å². The minimum Gasteiger partial charge on any atom is -0.463 e. The smallest absolute Gasteiger partial charge is 0.323 e. The molecule has 12 heterocycles. The molecule has 0 amide bonds. The van der Waals surface area contributed by atoms with Gasteiger partial charge in [0.05, 0.1) is 55.8 Å². The number of fused-ring (bicyclic) bond motifs is 4. The van der Waals surface area contributed by atoms with Crippen molar-refractivity contribution in [3.05, 3.63) is 65.4 Å². The molecule has 5 aliphatic rings. The van der Waals surface area contributed by atoms with E-state index in [-0.39, 0.29) is 59.9 Å². The summed E-state index contributed by atoms with van der Waals surface area (Å²) in [7, 11) is 0. The second kappa shape index (κ2) is 32.5. The molecule has 0 aliphatic carbocycles. The number of aliphatic hydroxyl groups is 6. The largest absolute Gasteiger partial charge is 0.463 e. The molecule has 7 aromatic heterocycles. The molecule has 7 aromatic rings. The first kappa shape index (κ1) is 77.0. The van der Waals surface area contributed by atoms with Crippen LogP contribution in [-0.2, 0) is 76.1 Å². The van der Waals surface area contributed by atoms with Crippen LogP contribution in [0.3, 0.4) is 0 Å². The van der Waals surface area contributed by atoms with Crippen LogP contribution in [0.1, 0.15) is 67.1 Å². The third kappa shape index (κ3) is 16.8. The molecule has 0 bridgehead atoms.